The average Bonchev–Trinajstić information content (AvgIpc) is 2.80. The van der Waals surface area contributed by atoms with Crippen molar-refractivity contribution in [3.05, 3.63) is 36.0 Å². The van der Waals surface area contributed by atoms with Crippen molar-refractivity contribution in [2.45, 2.75) is 56.9 Å². The highest BCUT2D eigenvalue weighted by atomic mass is 16.5. The Labute approximate surface area is 185 Å². The van der Waals surface area contributed by atoms with Crippen molar-refractivity contribution in [2.75, 3.05) is 45.2 Å². The lowest BCUT2D eigenvalue weighted by molar-refractivity contribution is -0.123. The first-order valence-electron chi connectivity index (χ1n) is 11.9. The van der Waals surface area contributed by atoms with E-state index in [-0.39, 0.29) is 5.91 Å². The predicted octanol–water partition coefficient (Wildman–Crippen LogP) is 3.92. The summed E-state index contributed by atoms with van der Waals surface area (Å²) in [5, 5.41) is 9.06. The van der Waals surface area contributed by atoms with Crippen LogP contribution in [0.25, 0.3) is 10.8 Å². The smallest absolute Gasteiger partial charge is 0.234 e. The van der Waals surface area contributed by atoms with Gasteiger partial charge in [0.25, 0.3) is 0 Å². The third kappa shape index (κ3) is 5.95. The quantitative estimate of drug-likeness (QED) is 0.629. The summed E-state index contributed by atoms with van der Waals surface area (Å²) >= 11 is 0. The third-order valence-corrected chi connectivity index (χ3v) is 6.62. The van der Waals surface area contributed by atoms with Gasteiger partial charge in [0, 0.05) is 43.2 Å². The fraction of sp³-hybridized carbons (Fsp3) is 0.600. The topological polar surface area (TPSA) is 66.5 Å². The molecule has 168 valence electrons. The number of methoxy groups -OCH3 is 1. The monoisotopic (exact) mass is 424 g/mol. The zero-order chi connectivity index (χ0) is 21.5. The van der Waals surface area contributed by atoms with Crippen molar-refractivity contribution < 1.29 is 9.53 Å². The van der Waals surface area contributed by atoms with Gasteiger partial charge in [0.1, 0.15) is 5.82 Å². The van der Waals surface area contributed by atoms with Crippen LogP contribution in [0.5, 0.6) is 0 Å². The number of nitrogens with zero attached hydrogens (tertiary/aromatic N) is 2. The van der Waals surface area contributed by atoms with Crippen LogP contribution in [0, 0.1) is 0 Å². The van der Waals surface area contributed by atoms with E-state index < -0.39 is 0 Å². The van der Waals surface area contributed by atoms with Gasteiger partial charge < -0.3 is 15.4 Å². The van der Waals surface area contributed by atoms with Gasteiger partial charge in [-0.05, 0) is 43.7 Å². The molecule has 1 aromatic carbocycles. The molecule has 2 aliphatic rings. The van der Waals surface area contributed by atoms with Crippen molar-refractivity contribution in [3.63, 3.8) is 0 Å². The van der Waals surface area contributed by atoms with Gasteiger partial charge in [-0.2, -0.15) is 0 Å². The van der Waals surface area contributed by atoms with Crippen LogP contribution in [0.1, 0.15) is 56.6 Å². The van der Waals surface area contributed by atoms with E-state index in [0.717, 1.165) is 62.2 Å². The Balaban J connectivity index is 1.42. The molecule has 6 heteroatoms. The number of hydrogen-bond donors (Lipinski definition) is 2. The van der Waals surface area contributed by atoms with E-state index in [0.29, 0.717) is 25.1 Å². The zero-order valence-corrected chi connectivity index (χ0v) is 18.7. The summed E-state index contributed by atoms with van der Waals surface area (Å²) in [7, 11) is 1.71. The lowest BCUT2D eigenvalue weighted by atomic mass is 9.93. The number of likely N-dealkylation sites (tertiary alicyclic amines) is 1. The van der Waals surface area contributed by atoms with Crippen LogP contribution in [0.4, 0.5) is 5.82 Å². The maximum absolute atomic E-state index is 12.6. The molecule has 0 spiro atoms. The fourth-order valence-corrected chi connectivity index (χ4v) is 5.00. The van der Waals surface area contributed by atoms with Crippen LogP contribution in [-0.2, 0) is 9.53 Å². The minimum absolute atomic E-state index is 0.181. The maximum atomic E-state index is 12.6. The number of hydrogen-bond acceptors (Lipinski definition) is 5. The molecule has 0 radical (unpaired) electrons. The summed E-state index contributed by atoms with van der Waals surface area (Å²) in [4.78, 5) is 19.9. The Bertz CT molecular complexity index is 866. The highest BCUT2D eigenvalue weighted by Gasteiger charge is 2.25. The number of piperidine rings is 1. The number of fused-ring (bicyclic) bond motifs is 1. The highest BCUT2D eigenvalue weighted by molar-refractivity contribution is 5.92. The number of rotatable bonds is 8. The molecule has 2 aromatic rings. The lowest BCUT2D eigenvalue weighted by Crippen LogP contribution is -2.45. The summed E-state index contributed by atoms with van der Waals surface area (Å²) < 4.78 is 5.19. The molecule has 2 heterocycles. The summed E-state index contributed by atoms with van der Waals surface area (Å²) in [6.07, 6.45) is 8.27. The molecule has 1 amide bonds. The predicted molar refractivity (Wildman–Crippen MR) is 126 cm³/mol. The first kappa shape index (κ1) is 22.0. The van der Waals surface area contributed by atoms with Crippen LogP contribution >= 0.6 is 0 Å². The van der Waals surface area contributed by atoms with Gasteiger partial charge in [0.05, 0.1) is 13.2 Å². The van der Waals surface area contributed by atoms with E-state index in [1.165, 1.54) is 24.6 Å². The maximum Gasteiger partial charge on any atom is 0.234 e. The number of aromatic nitrogens is 1. The van der Waals surface area contributed by atoms with Gasteiger partial charge >= 0.3 is 0 Å². The third-order valence-electron chi connectivity index (χ3n) is 6.62. The van der Waals surface area contributed by atoms with E-state index in [4.69, 9.17) is 9.72 Å². The summed E-state index contributed by atoms with van der Waals surface area (Å²) in [6.45, 7) is 3.75. The molecule has 2 N–H and O–H groups in total. The van der Waals surface area contributed by atoms with Gasteiger partial charge in [-0.25, -0.2) is 4.98 Å². The van der Waals surface area contributed by atoms with E-state index >= 15 is 0 Å². The molecule has 1 aliphatic heterocycles. The number of pyridine rings is 1. The Morgan fingerprint density at radius 1 is 1.16 bits per heavy atom. The number of carbonyl (C=O) groups excluding carboxylic acids is 1. The number of carbonyl (C=O) groups is 1. The molecule has 1 saturated carbocycles. The molecule has 1 aliphatic carbocycles. The zero-order valence-electron chi connectivity index (χ0n) is 18.7. The number of nitrogens with one attached hydrogen (secondary N) is 2. The average molecular weight is 425 g/mol. The number of ether oxygens (including phenoxy) is 1. The Hall–Kier alpha value is -2.18. The summed E-state index contributed by atoms with van der Waals surface area (Å²) in [6, 6.07) is 11.0. The molecule has 1 unspecified atom stereocenters. The first-order chi connectivity index (χ1) is 15.2. The van der Waals surface area contributed by atoms with Crippen molar-refractivity contribution in [1.82, 2.24) is 15.2 Å². The molecule has 1 atom stereocenters. The largest absolute Gasteiger partial charge is 0.383 e. The summed E-state index contributed by atoms with van der Waals surface area (Å²) in [5.74, 6) is 1.46. The Morgan fingerprint density at radius 3 is 2.84 bits per heavy atom. The SMILES string of the molecule is COCCNc1nc(C2CCCN(CC(=O)NC3CCCCC3)C2)cc2ccccc12. The van der Waals surface area contributed by atoms with E-state index in [1.54, 1.807) is 7.11 Å². The fourth-order valence-electron chi connectivity index (χ4n) is 5.00. The van der Waals surface area contributed by atoms with Crippen LogP contribution in [-0.4, -0.2) is 61.7 Å². The Morgan fingerprint density at radius 2 is 2.00 bits per heavy atom. The van der Waals surface area contributed by atoms with Crippen molar-refractivity contribution in [2.24, 2.45) is 0 Å². The van der Waals surface area contributed by atoms with Gasteiger partial charge in [-0.15, -0.1) is 0 Å². The first-order valence-corrected chi connectivity index (χ1v) is 11.9. The molecular formula is C25H36N4O2. The van der Waals surface area contributed by atoms with Crippen LogP contribution in [0.3, 0.4) is 0 Å². The minimum Gasteiger partial charge on any atom is -0.383 e. The lowest BCUT2D eigenvalue weighted by Gasteiger charge is -2.33. The minimum atomic E-state index is 0.181. The number of amides is 1. The molecule has 4 rings (SSSR count). The second-order valence-electron chi connectivity index (χ2n) is 9.01. The van der Waals surface area contributed by atoms with E-state index in [1.807, 2.05) is 0 Å². The molecule has 0 bridgehead atoms. The van der Waals surface area contributed by atoms with E-state index in [2.05, 4.69) is 45.9 Å². The van der Waals surface area contributed by atoms with Gasteiger partial charge in [0.2, 0.25) is 5.91 Å². The van der Waals surface area contributed by atoms with Crippen LogP contribution < -0.4 is 10.6 Å². The van der Waals surface area contributed by atoms with Gasteiger partial charge in [-0.1, -0.05) is 43.5 Å². The highest BCUT2D eigenvalue weighted by Crippen LogP contribution is 2.30. The molecule has 2 fully saturated rings. The molecule has 1 aromatic heterocycles. The number of anilines is 1. The molecule has 6 nitrogen and oxygen atoms in total. The standard InChI is InChI=1S/C25H36N4O2/c1-31-15-13-26-25-22-12-6-5-8-19(22)16-23(28-25)20-9-7-14-29(17-20)18-24(30)27-21-10-3-2-4-11-21/h5-6,8,12,16,20-21H,2-4,7,9-11,13-15,17-18H2,1H3,(H,26,28)(H,27,30). The van der Waals surface area contributed by atoms with E-state index in [9.17, 15) is 4.79 Å². The molecule has 1 saturated heterocycles. The van der Waals surface area contributed by atoms with Crippen molar-refractivity contribution in [3.8, 4) is 0 Å². The Kier molecular flexibility index (Phi) is 7.76. The molecular weight excluding hydrogens is 388 g/mol. The number of benzene rings is 1. The normalized spacial score (nSPS) is 20.6. The van der Waals surface area contributed by atoms with Gasteiger partial charge in [0.15, 0.2) is 0 Å². The molecule has 31 heavy (non-hydrogen) atoms. The second-order valence-corrected chi connectivity index (χ2v) is 9.01. The second kappa shape index (κ2) is 10.9. The summed E-state index contributed by atoms with van der Waals surface area (Å²) in [5.41, 5.74) is 1.12. The van der Waals surface area contributed by atoms with Crippen LogP contribution in [0.15, 0.2) is 30.3 Å². The van der Waals surface area contributed by atoms with Crippen LogP contribution in [0.2, 0.25) is 0 Å². The van der Waals surface area contributed by atoms with Crippen molar-refractivity contribution >= 4 is 22.5 Å². The van der Waals surface area contributed by atoms with Crippen molar-refractivity contribution in [1.29, 1.82) is 0 Å². The van der Waals surface area contributed by atoms with Gasteiger partial charge in [-0.3, -0.25) is 9.69 Å².